The van der Waals surface area contributed by atoms with Crippen molar-refractivity contribution in [1.82, 2.24) is 19.0 Å². The summed E-state index contributed by atoms with van der Waals surface area (Å²) in [6, 6.07) is 58.3. The molecule has 0 aliphatic carbocycles. The fourth-order valence-corrected chi connectivity index (χ4v) is 19.8. The molecule has 5 amide bonds. The number of amides is 5. The van der Waals surface area contributed by atoms with Crippen LogP contribution in [0.1, 0.15) is 182 Å². The number of carbonyl (C=O) groups excluding carboxylic acids is 5. The number of carbonyl (C=O) groups is 5. The molecule has 7 N–H and O–H groups in total. The zero-order chi connectivity index (χ0) is 77.9. The summed E-state index contributed by atoms with van der Waals surface area (Å²) < 4.78 is 32.3. The molecule has 0 aromatic heterocycles. The molecule has 9 aromatic carbocycles. The van der Waals surface area contributed by atoms with E-state index in [1.807, 2.05) is 84.9 Å². The van der Waals surface area contributed by atoms with Crippen LogP contribution < -0.4 is 31.9 Å². The summed E-state index contributed by atoms with van der Waals surface area (Å²) >= 11 is 5.93. The lowest BCUT2D eigenvalue weighted by Gasteiger charge is -2.43. The van der Waals surface area contributed by atoms with Gasteiger partial charge in [0.2, 0.25) is 21.8 Å². The number of nitrogens with one attached hydrogen (secondary N) is 6. The Hall–Kier alpha value is -10.2. The monoisotopic (exact) mass is 1540 g/mol. The van der Waals surface area contributed by atoms with Crippen molar-refractivity contribution in [3.05, 3.63) is 254 Å². The maximum absolute atomic E-state index is 15.5. The summed E-state index contributed by atoms with van der Waals surface area (Å²) in [4.78, 5) is 78.3. The summed E-state index contributed by atoms with van der Waals surface area (Å²) in [5.74, 6) is -0.692. The lowest BCUT2D eigenvalue weighted by Crippen LogP contribution is -2.47. The van der Waals surface area contributed by atoms with Gasteiger partial charge in [0, 0.05) is 102 Å². The minimum absolute atomic E-state index is 0.0180. The van der Waals surface area contributed by atoms with Crippen LogP contribution in [-0.2, 0) is 30.0 Å². The summed E-state index contributed by atoms with van der Waals surface area (Å²) in [5.41, 5.74) is 16.8. The number of sulfonamides is 1. The van der Waals surface area contributed by atoms with Crippen LogP contribution in [0.4, 0.5) is 34.1 Å². The largest absolute Gasteiger partial charge is 0.381 e. The summed E-state index contributed by atoms with van der Waals surface area (Å²) in [7, 11) is -0.626. The third-order valence-corrected chi connectivity index (χ3v) is 27.1. The summed E-state index contributed by atoms with van der Waals surface area (Å²) in [5, 5.41) is 33.6. The highest BCUT2D eigenvalue weighted by atomic mass is 32.2. The average Bonchev–Trinajstić information content (AvgIpc) is 1.48. The number of thiocarbonyl (C=S) groups is 1. The van der Waals surface area contributed by atoms with E-state index in [2.05, 4.69) is 147 Å². The van der Waals surface area contributed by atoms with Gasteiger partial charge in [-0.3, -0.25) is 33.8 Å². The van der Waals surface area contributed by atoms with Gasteiger partial charge < -0.3 is 46.6 Å². The predicted octanol–water partition coefficient (Wildman–Crippen LogP) is 16.2. The maximum atomic E-state index is 15.5. The zero-order valence-electron chi connectivity index (χ0n) is 64.2. The zero-order valence-corrected chi connectivity index (χ0v) is 65.8. The van der Waals surface area contributed by atoms with Crippen LogP contribution in [0, 0.1) is 31.6 Å². The molecule has 19 nitrogen and oxygen atoms in total. The number of piperidine rings is 3. The van der Waals surface area contributed by atoms with Crippen LogP contribution in [0.5, 0.6) is 0 Å². The molecule has 576 valence electrons. The number of anilines is 6. The van der Waals surface area contributed by atoms with E-state index in [1.165, 1.54) is 29.5 Å². The van der Waals surface area contributed by atoms with Crippen LogP contribution in [-0.4, -0.2) is 134 Å². The van der Waals surface area contributed by atoms with Crippen LogP contribution in [0.25, 0.3) is 22.3 Å². The molecule has 7 aliphatic heterocycles. The Bertz CT molecular complexity index is 5330. The first-order valence-electron chi connectivity index (χ1n) is 39.5. The molecule has 9 aromatic rings. The third kappa shape index (κ3) is 14.5. The van der Waals surface area contributed by atoms with Gasteiger partial charge in [-0.25, -0.2) is 12.7 Å². The van der Waals surface area contributed by atoms with Crippen molar-refractivity contribution < 1.29 is 42.2 Å². The number of ether oxygens (including phenoxy) is 1. The normalized spacial score (nSPS) is 20.3. The van der Waals surface area contributed by atoms with Gasteiger partial charge in [0.15, 0.2) is 5.11 Å². The van der Waals surface area contributed by atoms with Gasteiger partial charge >= 0.3 is 0 Å². The Kier molecular flexibility index (Phi) is 21.2. The number of para-hydroxylation sites is 1. The second-order valence-electron chi connectivity index (χ2n) is 31.6. The second-order valence-corrected chi connectivity index (χ2v) is 34.1. The number of benzene rings is 9. The van der Waals surface area contributed by atoms with Crippen LogP contribution in [0.3, 0.4) is 0 Å². The van der Waals surface area contributed by atoms with Crippen molar-refractivity contribution in [2.75, 3.05) is 98.5 Å². The maximum Gasteiger partial charge on any atom is 0.256 e. The van der Waals surface area contributed by atoms with Crippen LogP contribution in [0.15, 0.2) is 187 Å². The van der Waals surface area contributed by atoms with E-state index in [9.17, 15) is 32.7 Å². The molecule has 7 heterocycles. The number of rotatable bonds is 16. The molecular formula is C91H96N10O9S2. The SMILES string of the molecule is CCC(CC)C(=O)Nc1ccc(C2CCN(C3c4ccc(-c5ccc6c(c5)C(=O)Nc5cc(-c7ccc8c(c7)C(=O)Nc7ccccc7C8(O)C7CCN(C(=S)Nc8ccc(S(=O)(=O)N(C)C)cc8)CC7)ccc5C6N5CCC(c6ccc(NC(=O)C7CCOC7)cc6C)CC5)cc4NC(=O)c4ccccc43)CC2)c(C)c1. The molecular weight excluding hydrogens is 1440 g/mol. The average molecular weight is 1540 g/mol. The highest BCUT2D eigenvalue weighted by Gasteiger charge is 2.48. The van der Waals surface area contributed by atoms with Crippen LogP contribution in [0.2, 0.25) is 0 Å². The fraction of sp³-hybridized carbons (Fsp3) is 0.341. The molecule has 0 spiro atoms. The predicted molar refractivity (Wildman–Crippen MR) is 445 cm³/mol. The molecule has 21 heteroatoms. The molecule has 4 fully saturated rings. The number of aliphatic hydroxyl groups is 1. The van der Waals surface area contributed by atoms with E-state index in [1.54, 1.807) is 24.3 Å². The van der Waals surface area contributed by atoms with Gasteiger partial charge in [-0.2, -0.15) is 0 Å². The first-order valence-corrected chi connectivity index (χ1v) is 41.4. The van der Waals surface area contributed by atoms with Crippen molar-refractivity contribution in [2.45, 2.75) is 120 Å². The standard InChI is InChI=1S/C91H96N10O9S2/c1-7-56(8-2)85(102)92-66-23-30-69(54(3)47-66)57-33-40-99(41-34-57)83-71-13-9-10-14-73(71)87(104)96-81-51-61(18-28-74(81)83)59-17-27-72-76(49-59)88(105)97-82-52-62(19-29-75(82)84(72)100-42-35-58(36-43-100)70-31-24-67(48-55(70)4)93-86(103)63-39-46-110-53-63)60-20-32-78-77(50-60)89(106)95-80-16-12-11-15-79(80)91(78,107)64-37-44-101(45-38-64)90(111)94-65-21-25-68(26-22-65)112(108,109)98(5)6/h9-32,47-52,56-58,63-64,83-84,107H,7-8,33-46,53H2,1-6H3,(H,92,102)(H,93,103)(H,94,111)(H,95,106)(H,96,104)(H,97,105). The topological polar surface area (TPSA) is 234 Å². The van der Waals surface area contributed by atoms with Crippen molar-refractivity contribution in [2.24, 2.45) is 17.8 Å². The van der Waals surface area contributed by atoms with Crippen molar-refractivity contribution in [3.8, 4) is 22.3 Å². The Morgan fingerprint density at radius 3 is 1.59 bits per heavy atom. The summed E-state index contributed by atoms with van der Waals surface area (Å²) in [6.07, 6.45) is 6.92. The van der Waals surface area contributed by atoms with Crippen molar-refractivity contribution in [1.29, 1.82) is 0 Å². The molecule has 0 saturated carbocycles. The smallest absolute Gasteiger partial charge is 0.256 e. The lowest BCUT2D eigenvalue weighted by molar-refractivity contribution is -0.120. The first kappa shape index (κ1) is 75.8. The summed E-state index contributed by atoms with van der Waals surface area (Å²) in [6.45, 7) is 13.5. The van der Waals surface area contributed by atoms with E-state index >= 15 is 4.79 Å². The Labute approximate surface area is 661 Å². The number of hydrogen-bond acceptors (Lipinski definition) is 12. The van der Waals surface area contributed by atoms with E-state index in [0.717, 1.165) is 132 Å². The van der Waals surface area contributed by atoms with Crippen molar-refractivity contribution in [3.63, 3.8) is 0 Å². The first-order chi connectivity index (χ1) is 54.1. The number of aryl methyl sites for hydroxylation is 2. The number of fused-ring (bicyclic) bond motifs is 6. The van der Waals surface area contributed by atoms with Gasteiger partial charge in [-0.1, -0.05) is 111 Å². The van der Waals surface area contributed by atoms with Crippen LogP contribution >= 0.6 is 12.2 Å². The van der Waals surface area contributed by atoms with E-state index in [4.69, 9.17) is 17.0 Å². The molecule has 112 heavy (non-hydrogen) atoms. The van der Waals surface area contributed by atoms with E-state index in [-0.39, 0.29) is 70.2 Å². The highest BCUT2D eigenvalue weighted by molar-refractivity contribution is 7.89. The van der Waals surface area contributed by atoms with Gasteiger partial charge in [0.1, 0.15) is 5.60 Å². The van der Waals surface area contributed by atoms with Gasteiger partial charge in [0.25, 0.3) is 17.7 Å². The number of nitrogens with zero attached hydrogens (tertiary/aromatic N) is 4. The Balaban J connectivity index is 0.692. The molecule has 0 bridgehead atoms. The van der Waals surface area contributed by atoms with Gasteiger partial charge in [0.05, 0.1) is 29.5 Å². The van der Waals surface area contributed by atoms with E-state index in [0.29, 0.717) is 107 Å². The molecule has 7 aliphatic rings. The minimum atomic E-state index is -3.61. The quantitative estimate of drug-likeness (QED) is 0.0446. The third-order valence-electron chi connectivity index (χ3n) is 24.9. The fourth-order valence-electron chi connectivity index (χ4n) is 18.6. The lowest BCUT2D eigenvalue weighted by atomic mass is 9.70. The van der Waals surface area contributed by atoms with E-state index < -0.39 is 15.6 Å². The second kappa shape index (κ2) is 31.4. The Morgan fingerprint density at radius 2 is 1.02 bits per heavy atom. The van der Waals surface area contributed by atoms with Crippen molar-refractivity contribution >= 4 is 91.0 Å². The highest BCUT2D eigenvalue weighted by Crippen LogP contribution is 2.51. The number of hydrogen-bond donors (Lipinski definition) is 7. The number of likely N-dealkylation sites (tertiary alicyclic amines) is 3. The molecule has 0 radical (unpaired) electrons. The van der Waals surface area contributed by atoms with Gasteiger partial charge in [-0.15, -0.1) is 0 Å². The van der Waals surface area contributed by atoms with Gasteiger partial charge in [-0.05, 0) is 279 Å². The Morgan fingerprint density at radius 1 is 0.527 bits per heavy atom. The molecule has 16 rings (SSSR count). The molecule has 4 unspecified atom stereocenters. The molecule has 4 saturated heterocycles. The molecule has 4 atom stereocenters. The minimum Gasteiger partial charge on any atom is -0.381 e.